The molecule has 84 valence electrons. The minimum Gasteiger partial charge on any atom is -0.491 e. The van der Waals surface area contributed by atoms with Gasteiger partial charge in [-0.15, -0.1) is 12.4 Å². The summed E-state index contributed by atoms with van der Waals surface area (Å²) in [6.45, 7) is 2.36. The number of ether oxygens (including phenoxy) is 1. The van der Waals surface area contributed by atoms with Gasteiger partial charge >= 0.3 is 0 Å². The highest BCUT2D eigenvalue weighted by Crippen LogP contribution is 2.33. The Hall–Kier alpha value is -0.800. The van der Waals surface area contributed by atoms with Crippen molar-refractivity contribution in [2.24, 2.45) is 5.73 Å². The molecule has 0 unspecified atom stereocenters. The summed E-state index contributed by atoms with van der Waals surface area (Å²) in [5, 5.41) is 0. The SMILES string of the molecule is Cc1cc(F)ccc1OCC1(N)CC1.Cl. The average Bonchev–Trinajstić information content (AvgIpc) is 2.83. The zero-order valence-electron chi connectivity index (χ0n) is 8.63. The first kappa shape index (κ1) is 12.3. The molecular formula is C11H15ClFNO. The normalized spacial score (nSPS) is 16.7. The van der Waals surface area contributed by atoms with Crippen molar-refractivity contribution in [2.45, 2.75) is 25.3 Å². The summed E-state index contributed by atoms with van der Waals surface area (Å²) >= 11 is 0. The number of benzene rings is 1. The van der Waals surface area contributed by atoms with Crippen LogP contribution in [0.2, 0.25) is 0 Å². The van der Waals surface area contributed by atoms with Gasteiger partial charge in [-0.2, -0.15) is 0 Å². The van der Waals surface area contributed by atoms with Crippen LogP contribution in [0.4, 0.5) is 4.39 Å². The summed E-state index contributed by atoms with van der Waals surface area (Å²) in [5.74, 6) is 0.492. The molecule has 1 aliphatic carbocycles. The Morgan fingerprint density at radius 1 is 1.47 bits per heavy atom. The van der Waals surface area contributed by atoms with E-state index in [9.17, 15) is 4.39 Å². The molecule has 2 N–H and O–H groups in total. The molecule has 1 fully saturated rings. The lowest BCUT2D eigenvalue weighted by Gasteiger charge is -2.12. The number of nitrogens with two attached hydrogens (primary N) is 1. The Bertz CT molecular complexity index is 352. The summed E-state index contributed by atoms with van der Waals surface area (Å²) in [7, 11) is 0. The Balaban J connectivity index is 0.00000112. The molecule has 0 radical (unpaired) electrons. The molecule has 0 aromatic heterocycles. The lowest BCUT2D eigenvalue weighted by Crippen LogP contribution is -2.29. The van der Waals surface area contributed by atoms with Crippen LogP contribution >= 0.6 is 12.4 Å². The van der Waals surface area contributed by atoms with Gasteiger partial charge in [-0.3, -0.25) is 0 Å². The summed E-state index contributed by atoms with van der Waals surface area (Å²) in [5.41, 5.74) is 6.57. The Kier molecular flexibility index (Phi) is 3.58. The maximum atomic E-state index is 12.8. The average molecular weight is 232 g/mol. The lowest BCUT2D eigenvalue weighted by molar-refractivity contribution is 0.277. The molecule has 4 heteroatoms. The summed E-state index contributed by atoms with van der Waals surface area (Å²) < 4.78 is 18.3. The lowest BCUT2D eigenvalue weighted by atomic mass is 10.2. The van der Waals surface area contributed by atoms with Crippen molar-refractivity contribution in [2.75, 3.05) is 6.61 Å². The summed E-state index contributed by atoms with van der Waals surface area (Å²) in [4.78, 5) is 0. The Labute approximate surface area is 95.0 Å². The number of rotatable bonds is 3. The fourth-order valence-corrected chi connectivity index (χ4v) is 1.30. The van der Waals surface area contributed by atoms with Crippen molar-refractivity contribution < 1.29 is 9.13 Å². The van der Waals surface area contributed by atoms with Crippen molar-refractivity contribution in [3.63, 3.8) is 0 Å². The van der Waals surface area contributed by atoms with Crippen molar-refractivity contribution in [1.82, 2.24) is 0 Å². The van der Waals surface area contributed by atoms with Crippen LogP contribution in [-0.2, 0) is 0 Å². The Morgan fingerprint density at radius 2 is 2.13 bits per heavy atom. The van der Waals surface area contributed by atoms with Crippen LogP contribution in [0.1, 0.15) is 18.4 Å². The van der Waals surface area contributed by atoms with Gasteiger partial charge in [0.2, 0.25) is 0 Å². The van der Waals surface area contributed by atoms with E-state index in [-0.39, 0.29) is 23.8 Å². The van der Waals surface area contributed by atoms with Crippen LogP contribution < -0.4 is 10.5 Å². The molecule has 0 amide bonds. The zero-order valence-corrected chi connectivity index (χ0v) is 9.44. The van der Waals surface area contributed by atoms with E-state index in [1.807, 2.05) is 6.92 Å². The summed E-state index contributed by atoms with van der Waals surface area (Å²) in [6.07, 6.45) is 2.04. The van der Waals surface area contributed by atoms with E-state index in [2.05, 4.69) is 0 Å². The maximum absolute atomic E-state index is 12.8. The molecule has 0 aliphatic heterocycles. The van der Waals surface area contributed by atoms with Crippen LogP contribution in [0.15, 0.2) is 18.2 Å². The van der Waals surface area contributed by atoms with Gasteiger partial charge in [0.25, 0.3) is 0 Å². The van der Waals surface area contributed by atoms with E-state index in [0.29, 0.717) is 6.61 Å². The fraction of sp³-hybridized carbons (Fsp3) is 0.455. The van der Waals surface area contributed by atoms with E-state index >= 15 is 0 Å². The second-order valence-electron chi connectivity index (χ2n) is 4.06. The first-order chi connectivity index (χ1) is 6.59. The molecule has 15 heavy (non-hydrogen) atoms. The highest BCUT2D eigenvalue weighted by Gasteiger charge is 2.39. The van der Waals surface area contributed by atoms with E-state index in [0.717, 1.165) is 24.2 Å². The fourth-order valence-electron chi connectivity index (χ4n) is 1.30. The highest BCUT2D eigenvalue weighted by molar-refractivity contribution is 5.85. The zero-order chi connectivity index (χ0) is 10.2. The van der Waals surface area contributed by atoms with Gasteiger partial charge in [0.05, 0.1) is 5.54 Å². The van der Waals surface area contributed by atoms with Gasteiger partial charge < -0.3 is 10.5 Å². The van der Waals surface area contributed by atoms with E-state index < -0.39 is 0 Å². The molecule has 1 aromatic rings. The standard InChI is InChI=1S/C11H14FNO.ClH/c1-8-6-9(12)2-3-10(8)14-7-11(13)4-5-11;/h2-3,6H,4-5,7,13H2,1H3;1H. The van der Waals surface area contributed by atoms with Crippen molar-refractivity contribution >= 4 is 12.4 Å². The first-order valence-electron chi connectivity index (χ1n) is 4.77. The van der Waals surface area contributed by atoms with Crippen LogP contribution in [0.5, 0.6) is 5.75 Å². The minimum absolute atomic E-state index is 0. The highest BCUT2D eigenvalue weighted by atomic mass is 35.5. The third-order valence-corrected chi connectivity index (χ3v) is 2.54. The molecule has 0 atom stereocenters. The smallest absolute Gasteiger partial charge is 0.123 e. The second kappa shape index (κ2) is 4.37. The predicted octanol–water partition coefficient (Wildman–Crippen LogP) is 2.43. The second-order valence-corrected chi connectivity index (χ2v) is 4.06. The molecule has 0 saturated heterocycles. The monoisotopic (exact) mass is 231 g/mol. The van der Waals surface area contributed by atoms with Gasteiger partial charge in [-0.05, 0) is 43.5 Å². The third-order valence-electron chi connectivity index (χ3n) is 2.54. The van der Waals surface area contributed by atoms with Crippen LogP contribution in [0, 0.1) is 12.7 Å². The number of aryl methyl sites for hydroxylation is 1. The van der Waals surface area contributed by atoms with Gasteiger partial charge in [0.15, 0.2) is 0 Å². The molecule has 0 spiro atoms. The number of hydrogen-bond acceptors (Lipinski definition) is 2. The van der Waals surface area contributed by atoms with E-state index in [4.69, 9.17) is 10.5 Å². The topological polar surface area (TPSA) is 35.2 Å². The van der Waals surface area contributed by atoms with Crippen molar-refractivity contribution in [1.29, 1.82) is 0 Å². The molecule has 2 rings (SSSR count). The quantitative estimate of drug-likeness (QED) is 0.867. The van der Waals surface area contributed by atoms with Crippen LogP contribution in [0.3, 0.4) is 0 Å². The van der Waals surface area contributed by atoms with Gasteiger partial charge in [-0.1, -0.05) is 0 Å². The molecule has 2 nitrogen and oxygen atoms in total. The van der Waals surface area contributed by atoms with Gasteiger partial charge in [0, 0.05) is 0 Å². The molecule has 1 saturated carbocycles. The largest absolute Gasteiger partial charge is 0.491 e. The van der Waals surface area contributed by atoms with Crippen LogP contribution in [0.25, 0.3) is 0 Å². The van der Waals surface area contributed by atoms with Crippen LogP contribution in [-0.4, -0.2) is 12.1 Å². The first-order valence-corrected chi connectivity index (χ1v) is 4.77. The molecule has 1 aliphatic rings. The molecule has 1 aromatic carbocycles. The summed E-state index contributed by atoms with van der Waals surface area (Å²) in [6, 6.07) is 4.51. The number of hydrogen-bond donors (Lipinski definition) is 1. The molecule has 0 heterocycles. The van der Waals surface area contributed by atoms with E-state index in [1.54, 1.807) is 6.07 Å². The van der Waals surface area contributed by atoms with Gasteiger partial charge in [-0.25, -0.2) is 4.39 Å². The Morgan fingerprint density at radius 3 is 2.67 bits per heavy atom. The van der Waals surface area contributed by atoms with E-state index in [1.165, 1.54) is 12.1 Å². The minimum atomic E-state index is -0.233. The van der Waals surface area contributed by atoms with Crippen molar-refractivity contribution in [3.05, 3.63) is 29.6 Å². The third kappa shape index (κ3) is 3.08. The molecule has 0 bridgehead atoms. The maximum Gasteiger partial charge on any atom is 0.123 e. The predicted molar refractivity (Wildman–Crippen MR) is 60.0 cm³/mol. The number of halogens is 2. The van der Waals surface area contributed by atoms with Gasteiger partial charge in [0.1, 0.15) is 18.2 Å². The molecular weight excluding hydrogens is 217 g/mol. The van der Waals surface area contributed by atoms with Crippen molar-refractivity contribution in [3.8, 4) is 5.75 Å².